The summed E-state index contributed by atoms with van der Waals surface area (Å²) >= 11 is 0. The van der Waals surface area contributed by atoms with Crippen molar-refractivity contribution < 1.29 is 4.79 Å². The third kappa shape index (κ3) is 4.13. The summed E-state index contributed by atoms with van der Waals surface area (Å²) in [4.78, 5) is 27.4. The number of amides is 1. The minimum absolute atomic E-state index is 0.194. The van der Waals surface area contributed by atoms with Crippen molar-refractivity contribution in [2.24, 2.45) is 0 Å². The van der Waals surface area contributed by atoms with Gasteiger partial charge in [-0.05, 0) is 12.1 Å². The number of carbonyl (C=O) groups excluding carboxylic acids is 1. The number of nitrogens with two attached hydrogens (primary N) is 1. The van der Waals surface area contributed by atoms with Gasteiger partial charge in [0.1, 0.15) is 5.82 Å². The molecule has 0 unspecified atom stereocenters. The molecule has 0 atom stereocenters. The molecule has 0 aliphatic carbocycles. The number of hydrogen-bond donors (Lipinski definition) is 2. The van der Waals surface area contributed by atoms with Crippen LogP contribution in [0.4, 0.5) is 17.6 Å². The second kappa shape index (κ2) is 7.01. The fourth-order valence-corrected chi connectivity index (χ4v) is 2.44. The topological polar surface area (TPSA) is 100 Å². The van der Waals surface area contributed by atoms with E-state index in [0.717, 1.165) is 38.3 Å². The third-order valence-corrected chi connectivity index (χ3v) is 3.65. The van der Waals surface area contributed by atoms with E-state index in [4.69, 9.17) is 5.73 Å². The first-order chi connectivity index (χ1) is 11.2. The van der Waals surface area contributed by atoms with Crippen LogP contribution in [0.3, 0.4) is 0 Å². The lowest BCUT2D eigenvalue weighted by atomic mass is 10.3. The maximum absolute atomic E-state index is 10.7. The predicted octanol–water partition coefficient (Wildman–Crippen LogP) is 0.471. The van der Waals surface area contributed by atoms with E-state index in [1.807, 2.05) is 30.3 Å². The van der Waals surface area contributed by atoms with E-state index in [-0.39, 0.29) is 5.95 Å². The van der Waals surface area contributed by atoms with Gasteiger partial charge in [-0.15, -0.1) is 0 Å². The maximum atomic E-state index is 10.7. The van der Waals surface area contributed by atoms with Crippen LogP contribution >= 0.6 is 0 Å². The van der Waals surface area contributed by atoms with E-state index >= 15 is 0 Å². The predicted molar refractivity (Wildman–Crippen MR) is 86.9 cm³/mol. The van der Waals surface area contributed by atoms with Gasteiger partial charge in [0.2, 0.25) is 18.3 Å². The Morgan fingerprint density at radius 1 is 1.09 bits per heavy atom. The summed E-state index contributed by atoms with van der Waals surface area (Å²) in [7, 11) is 0. The van der Waals surface area contributed by atoms with Gasteiger partial charge >= 0.3 is 0 Å². The average molecular weight is 313 g/mol. The first-order valence-corrected chi connectivity index (χ1v) is 7.47. The van der Waals surface area contributed by atoms with Gasteiger partial charge in [0.15, 0.2) is 0 Å². The molecule has 3 rings (SSSR count). The Kier molecular flexibility index (Phi) is 4.62. The fourth-order valence-electron chi connectivity index (χ4n) is 2.44. The van der Waals surface area contributed by atoms with Gasteiger partial charge in [-0.3, -0.25) is 9.69 Å². The molecule has 2 aromatic rings. The summed E-state index contributed by atoms with van der Waals surface area (Å²) in [5.41, 5.74) is 6.68. The monoisotopic (exact) mass is 313 g/mol. The molecule has 120 valence electrons. The fraction of sp³-hybridized carbons (Fsp3) is 0.333. The molecule has 0 spiro atoms. The van der Waals surface area contributed by atoms with Crippen LogP contribution in [0.5, 0.6) is 0 Å². The molecule has 1 aromatic heterocycles. The maximum Gasteiger partial charge on any atom is 0.232 e. The molecule has 1 amide bonds. The number of nitrogens with zero attached hydrogens (tertiary/aromatic N) is 5. The van der Waals surface area contributed by atoms with Crippen molar-refractivity contribution in [3.63, 3.8) is 0 Å². The zero-order chi connectivity index (χ0) is 16.1. The lowest BCUT2D eigenvalue weighted by Crippen LogP contribution is -2.45. The molecule has 3 N–H and O–H groups in total. The molecule has 0 bridgehead atoms. The molecule has 1 fully saturated rings. The summed E-state index contributed by atoms with van der Waals surface area (Å²) in [6, 6.07) is 9.66. The van der Waals surface area contributed by atoms with Gasteiger partial charge in [-0.2, -0.15) is 15.0 Å². The Hall–Kier alpha value is -2.74. The molecule has 1 aliphatic rings. The van der Waals surface area contributed by atoms with E-state index in [9.17, 15) is 4.79 Å². The molecule has 1 aromatic carbocycles. The Balaban J connectivity index is 1.67. The zero-order valence-corrected chi connectivity index (χ0v) is 12.7. The Labute approximate surface area is 134 Å². The number of nitrogens with one attached hydrogen (secondary N) is 1. The number of para-hydroxylation sites is 1. The van der Waals surface area contributed by atoms with Crippen molar-refractivity contribution in [2.45, 2.75) is 6.54 Å². The van der Waals surface area contributed by atoms with Gasteiger partial charge < -0.3 is 16.0 Å². The largest absolute Gasteiger partial charge is 0.368 e. The third-order valence-electron chi connectivity index (χ3n) is 3.65. The lowest BCUT2D eigenvalue weighted by Gasteiger charge is -2.31. The minimum atomic E-state index is 0.194. The highest BCUT2D eigenvalue weighted by molar-refractivity contribution is 5.53. The molecule has 23 heavy (non-hydrogen) atoms. The van der Waals surface area contributed by atoms with Crippen molar-refractivity contribution in [2.75, 3.05) is 37.2 Å². The molecule has 2 heterocycles. The molecule has 8 heteroatoms. The normalized spacial score (nSPS) is 15.4. The van der Waals surface area contributed by atoms with Crippen LogP contribution in [0.15, 0.2) is 30.3 Å². The average Bonchev–Trinajstić information content (AvgIpc) is 2.56. The summed E-state index contributed by atoms with van der Waals surface area (Å²) in [6.45, 7) is 3.62. The summed E-state index contributed by atoms with van der Waals surface area (Å²) in [6.07, 6.45) is 0.889. The van der Waals surface area contributed by atoms with Gasteiger partial charge in [0.05, 0.1) is 6.54 Å². The minimum Gasteiger partial charge on any atom is -0.368 e. The number of hydrogen-bond acceptors (Lipinski definition) is 7. The summed E-state index contributed by atoms with van der Waals surface area (Å²) in [5.74, 6) is 1.25. The molecule has 0 radical (unpaired) electrons. The van der Waals surface area contributed by atoms with E-state index in [1.165, 1.54) is 0 Å². The number of anilines is 3. The number of nitrogen functional groups attached to an aromatic ring is 1. The highest BCUT2D eigenvalue weighted by atomic mass is 16.1. The van der Waals surface area contributed by atoms with Crippen molar-refractivity contribution in [3.8, 4) is 0 Å². The Morgan fingerprint density at radius 3 is 2.52 bits per heavy atom. The van der Waals surface area contributed by atoms with Crippen molar-refractivity contribution in [3.05, 3.63) is 36.2 Å². The van der Waals surface area contributed by atoms with E-state index in [0.29, 0.717) is 18.3 Å². The molecule has 8 nitrogen and oxygen atoms in total. The molecule has 1 aliphatic heterocycles. The van der Waals surface area contributed by atoms with Crippen LogP contribution in [-0.4, -0.2) is 57.3 Å². The number of piperazine rings is 1. The Morgan fingerprint density at radius 2 is 1.83 bits per heavy atom. The summed E-state index contributed by atoms with van der Waals surface area (Å²) < 4.78 is 0. The van der Waals surface area contributed by atoms with Crippen LogP contribution in [0.2, 0.25) is 0 Å². The smallest absolute Gasteiger partial charge is 0.232 e. The van der Waals surface area contributed by atoms with Gasteiger partial charge in [-0.25, -0.2) is 0 Å². The van der Waals surface area contributed by atoms with Crippen molar-refractivity contribution in [1.29, 1.82) is 0 Å². The summed E-state index contributed by atoms with van der Waals surface area (Å²) in [5, 5.41) is 3.12. The molecular formula is C15H19N7O. The van der Waals surface area contributed by atoms with Gasteiger partial charge in [0.25, 0.3) is 0 Å². The highest BCUT2D eigenvalue weighted by Gasteiger charge is 2.17. The quantitative estimate of drug-likeness (QED) is 0.774. The van der Waals surface area contributed by atoms with Crippen molar-refractivity contribution >= 4 is 24.0 Å². The number of carbonyl (C=O) groups is 1. The first kappa shape index (κ1) is 15.2. The van der Waals surface area contributed by atoms with E-state index in [1.54, 1.807) is 4.90 Å². The number of benzene rings is 1. The van der Waals surface area contributed by atoms with E-state index < -0.39 is 0 Å². The van der Waals surface area contributed by atoms with Gasteiger partial charge in [0, 0.05) is 31.9 Å². The number of aromatic nitrogens is 3. The first-order valence-electron chi connectivity index (χ1n) is 7.47. The molecular weight excluding hydrogens is 294 g/mol. The van der Waals surface area contributed by atoms with Crippen LogP contribution in [0.1, 0.15) is 5.82 Å². The standard InChI is InChI=1S/C15H19N7O/c16-14-18-13(10-21-6-8-22(11-23)9-7-21)19-15(20-14)17-12-4-2-1-3-5-12/h1-5,11H,6-10H2,(H3,16,17,18,19,20). The van der Waals surface area contributed by atoms with Crippen LogP contribution in [0, 0.1) is 0 Å². The van der Waals surface area contributed by atoms with Crippen LogP contribution < -0.4 is 11.1 Å². The second-order valence-electron chi connectivity index (χ2n) is 5.34. The highest BCUT2D eigenvalue weighted by Crippen LogP contribution is 2.13. The van der Waals surface area contributed by atoms with Crippen LogP contribution in [0.25, 0.3) is 0 Å². The lowest BCUT2D eigenvalue weighted by molar-refractivity contribution is -0.119. The van der Waals surface area contributed by atoms with Crippen molar-refractivity contribution in [1.82, 2.24) is 24.8 Å². The van der Waals surface area contributed by atoms with E-state index in [2.05, 4.69) is 25.2 Å². The number of rotatable bonds is 5. The SMILES string of the molecule is Nc1nc(CN2CCN(C=O)CC2)nc(Nc2ccccc2)n1. The molecule has 0 saturated carbocycles. The molecule has 1 saturated heterocycles. The Bertz CT molecular complexity index is 656. The zero-order valence-electron chi connectivity index (χ0n) is 12.7. The second-order valence-corrected chi connectivity index (χ2v) is 5.34. The van der Waals surface area contributed by atoms with Crippen LogP contribution in [-0.2, 0) is 11.3 Å². The van der Waals surface area contributed by atoms with Gasteiger partial charge in [-0.1, -0.05) is 18.2 Å².